The van der Waals surface area contributed by atoms with Crippen LogP contribution in [0.15, 0.2) is 165 Å². The highest BCUT2D eigenvalue weighted by Gasteiger charge is 2.45. The van der Waals surface area contributed by atoms with Crippen LogP contribution in [0.5, 0.6) is 23.0 Å². The monoisotopic (exact) mass is 832 g/mol. The molecule has 286 valence electrons. The van der Waals surface area contributed by atoms with E-state index in [-0.39, 0.29) is 19.6 Å². The number of fused-ring (bicyclic) bond motifs is 8. The molecule has 0 bridgehead atoms. The fraction of sp³-hybridized carbons (Fsp3) is 0.0870. The van der Waals surface area contributed by atoms with Gasteiger partial charge in [-0.3, -0.25) is 0 Å². The third kappa shape index (κ3) is 4.71. The van der Waals surface area contributed by atoms with Gasteiger partial charge in [0.2, 0.25) is 19.7 Å². The summed E-state index contributed by atoms with van der Waals surface area (Å²) < 4.78 is 67.8. The molecule has 0 N–H and O–H groups in total. The fourth-order valence-corrected chi connectivity index (χ4v) is 18.2. The lowest BCUT2D eigenvalue weighted by atomic mass is 10.1. The molecule has 58 heavy (non-hydrogen) atoms. The van der Waals surface area contributed by atoms with Gasteiger partial charge in [0.15, 0.2) is 0 Å². The maximum absolute atomic E-state index is 13.8. The van der Waals surface area contributed by atoms with Crippen LogP contribution < -0.4 is 40.0 Å². The van der Waals surface area contributed by atoms with Crippen molar-refractivity contribution in [3.05, 3.63) is 146 Å². The van der Waals surface area contributed by atoms with Gasteiger partial charge in [0, 0.05) is 46.3 Å². The Balaban J connectivity index is 1.13. The molecule has 0 saturated heterocycles. The van der Waals surface area contributed by atoms with Gasteiger partial charge in [-0.2, -0.15) is 0 Å². The van der Waals surface area contributed by atoms with E-state index < -0.39 is 35.8 Å². The van der Waals surface area contributed by atoms with Crippen molar-refractivity contribution in [3.63, 3.8) is 0 Å². The minimum atomic E-state index is -3.78. The van der Waals surface area contributed by atoms with Crippen molar-refractivity contribution in [1.82, 2.24) is 0 Å². The molecule has 7 aromatic rings. The number of benzene rings is 7. The number of sulfone groups is 2. The van der Waals surface area contributed by atoms with Crippen LogP contribution in [0, 0.1) is 0 Å². The highest BCUT2D eigenvalue weighted by molar-refractivity contribution is 7.92. The average Bonchev–Trinajstić information content (AvgIpc) is 3.21. The van der Waals surface area contributed by atoms with Gasteiger partial charge >= 0.3 is 0 Å². The molecule has 0 fully saturated rings. The summed E-state index contributed by atoms with van der Waals surface area (Å²) in [5.74, 6) is 1.22. The summed E-state index contributed by atoms with van der Waals surface area (Å²) >= 11 is 0. The summed E-state index contributed by atoms with van der Waals surface area (Å²) in [7, 11) is -12.4. The van der Waals surface area contributed by atoms with Gasteiger partial charge in [-0.15, -0.1) is 0 Å². The van der Waals surface area contributed by atoms with E-state index in [4.69, 9.17) is 9.47 Å². The standard InChI is InChI=1S/C46H36N2O6S2Si2/c1-57(2)43-19-11-5-13-31(43)47(29-21-23-41-37(25-29)53-35-15-7-9-17-39(35)55(41,49)50)33-28-46-34(27-45(33)57)48(32-14-6-12-20-44(32)58(46,3)4)30-22-24-42-38(26-30)54-36-16-8-10-18-40(36)56(42,51)52/h5-28H,1-4H3. The number of anilines is 6. The largest absolute Gasteiger partial charge is 0.455 e. The molecule has 0 amide bonds. The van der Waals surface area contributed by atoms with Gasteiger partial charge in [-0.05, 0) is 93.5 Å². The average molecular weight is 833 g/mol. The second kappa shape index (κ2) is 11.8. The molecule has 0 aromatic heterocycles. The maximum atomic E-state index is 13.8. The number of rotatable bonds is 2. The van der Waals surface area contributed by atoms with Crippen LogP contribution in [0.3, 0.4) is 0 Å². The number of hydrogen-bond acceptors (Lipinski definition) is 8. The van der Waals surface area contributed by atoms with Crippen molar-refractivity contribution in [3.8, 4) is 23.0 Å². The van der Waals surface area contributed by atoms with Crippen molar-refractivity contribution in [1.29, 1.82) is 0 Å². The lowest BCUT2D eigenvalue weighted by molar-refractivity contribution is 0.442. The van der Waals surface area contributed by atoms with E-state index in [0.717, 1.165) is 34.1 Å². The highest BCUT2D eigenvalue weighted by atomic mass is 32.2. The van der Waals surface area contributed by atoms with Crippen molar-refractivity contribution < 1.29 is 26.3 Å². The quantitative estimate of drug-likeness (QED) is 0.160. The lowest BCUT2D eigenvalue weighted by Gasteiger charge is -2.46. The molecule has 4 aliphatic rings. The van der Waals surface area contributed by atoms with Gasteiger partial charge in [0.1, 0.15) is 58.7 Å². The second-order valence-electron chi connectivity index (χ2n) is 16.2. The van der Waals surface area contributed by atoms with Gasteiger partial charge in [0.05, 0.1) is 0 Å². The van der Waals surface area contributed by atoms with Crippen LogP contribution >= 0.6 is 0 Å². The number of nitrogens with zero attached hydrogens (tertiary/aromatic N) is 2. The van der Waals surface area contributed by atoms with E-state index in [9.17, 15) is 16.8 Å². The Morgan fingerprint density at radius 2 is 0.741 bits per heavy atom. The van der Waals surface area contributed by atoms with Crippen LogP contribution in [-0.2, 0) is 19.7 Å². The predicted molar refractivity (Wildman–Crippen MR) is 233 cm³/mol. The van der Waals surface area contributed by atoms with Gasteiger partial charge < -0.3 is 19.3 Å². The summed E-state index contributed by atoms with van der Waals surface area (Å²) in [6, 6.07) is 46.1. The molecular weight excluding hydrogens is 797 g/mol. The molecule has 7 aromatic carbocycles. The normalized spacial score (nSPS) is 17.7. The topological polar surface area (TPSA) is 93.2 Å². The van der Waals surface area contributed by atoms with E-state index in [2.05, 4.69) is 96.7 Å². The Morgan fingerprint density at radius 1 is 0.379 bits per heavy atom. The first kappa shape index (κ1) is 35.3. The fourth-order valence-electron chi connectivity index (χ4n) is 9.31. The van der Waals surface area contributed by atoms with Gasteiger partial charge in [-0.1, -0.05) is 86.9 Å². The molecular formula is C46H36N2O6S2Si2. The minimum absolute atomic E-state index is 0.145. The molecule has 0 saturated carbocycles. The van der Waals surface area contributed by atoms with E-state index in [0.29, 0.717) is 23.0 Å². The zero-order valence-corrected chi connectivity index (χ0v) is 35.6. The molecule has 4 aliphatic heterocycles. The summed E-state index contributed by atoms with van der Waals surface area (Å²) in [5.41, 5.74) is 5.84. The molecule has 0 atom stereocenters. The number of hydrogen-bond donors (Lipinski definition) is 0. The Bertz CT molecular complexity index is 2990. The minimum Gasteiger partial charge on any atom is -0.455 e. The van der Waals surface area contributed by atoms with E-state index >= 15 is 0 Å². The summed E-state index contributed by atoms with van der Waals surface area (Å²) in [6.07, 6.45) is 0. The summed E-state index contributed by atoms with van der Waals surface area (Å²) in [5, 5.41) is 4.96. The van der Waals surface area contributed by atoms with E-state index in [1.807, 2.05) is 24.3 Å². The van der Waals surface area contributed by atoms with Crippen LogP contribution in [0.2, 0.25) is 26.2 Å². The number of para-hydroxylation sites is 4. The summed E-state index contributed by atoms with van der Waals surface area (Å²) in [6.45, 7) is 9.53. The molecule has 0 spiro atoms. The van der Waals surface area contributed by atoms with Crippen molar-refractivity contribution in [2.24, 2.45) is 0 Å². The predicted octanol–water partition coefficient (Wildman–Crippen LogP) is 8.78. The first-order valence-corrected chi connectivity index (χ1v) is 28.0. The zero-order valence-electron chi connectivity index (χ0n) is 32.0. The van der Waals surface area contributed by atoms with Crippen LogP contribution in [0.1, 0.15) is 0 Å². The Morgan fingerprint density at radius 3 is 1.17 bits per heavy atom. The van der Waals surface area contributed by atoms with Crippen molar-refractivity contribution in [2.45, 2.75) is 45.8 Å². The second-order valence-corrected chi connectivity index (χ2v) is 28.6. The SMILES string of the molecule is C[Si]1(C)c2ccccc2N(c2ccc3c(c2)Oc2ccccc2S3(=O)=O)c2cc3c(cc21)N(c1ccc2c(c1)Oc1ccccc1S2(=O)=O)c1ccccc1[Si]3(C)C. The van der Waals surface area contributed by atoms with Crippen LogP contribution in [0.4, 0.5) is 34.1 Å². The van der Waals surface area contributed by atoms with Crippen molar-refractivity contribution >= 4 is 90.7 Å². The van der Waals surface area contributed by atoms with E-state index in [1.165, 1.54) is 20.7 Å². The third-order valence-corrected chi connectivity index (χ3v) is 22.9. The van der Waals surface area contributed by atoms with Crippen molar-refractivity contribution in [2.75, 3.05) is 9.80 Å². The lowest BCUT2D eigenvalue weighted by Crippen LogP contribution is -2.62. The molecule has 12 heteroatoms. The molecule has 11 rings (SSSR count). The third-order valence-electron chi connectivity index (χ3n) is 12.2. The zero-order chi connectivity index (χ0) is 39.9. The number of ether oxygens (including phenoxy) is 2. The van der Waals surface area contributed by atoms with Crippen LogP contribution in [0.25, 0.3) is 0 Å². The van der Waals surface area contributed by atoms with Gasteiger partial charge in [0.25, 0.3) is 0 Å². The highest BCUT2D eigenvalue weighted by Crippen LogP contribution is 2.49. The molecule has 8 nitrogen and oxygen atoms in total. The Kier molecular flexibility index (Phi) is 7.19. The van der Waals surface area contributed by atoms with Gasteiger partial charge in [-0.25, -0.2) is 16.8 Å². The Labute approximate surface area is 339 Å². The summed E-state index contributed by atoms with van der Waals surface area (Å²) in [4.78, 5) is 5.15. The first-order valence-electron chi connectivity index (χ1n) is 19.1. The van der Waals surface area contributed by atoms with Crippen LogP contribution in [-0.4, -0.2) is 33.0 Å². The smallest absolute Gasteiger partial charge is 0.213 e. The molecule has 4 heterocycles. The molecule has 0 radical (unpaired) electrons. The molecule has 0 unspecified atom stereocenters. The maximum Gasteiger partial charge on any atom is 0.213 e. The Hall–Kier alpha value is -5.93. The molecule has 0 aliphatic carbocycles. The first-order chi connectivity index (χ1) is 27.8. The van der Waals surface area contributed by atoms with E-state index in [1.54, 1.807) is 60.7 Å².